The van der Waals surface area contributed by atoms with Gasteiger partial charge in [0.25, 0.3) is 0 Å². The van der Waals surface area contributed by atoms with Gasteiger partial charge >= 0.3 is 0 Å². The summed E-state index contributed by atoms with van der Waals surface area (Å²) in [5, 5.41) is 12.6. The largest absolute Gasteiger partial charge is 0.508 e. The highest BCUT2D eigenvalue weighted by molar-refractivity contribution is 5.78. The van der Waals surface area contributed by atoms with Crippen molar-refractivity contribution in [3.05, 3.63) is 29.8 Å². The average Bonchev–Trinajstić information content (AvgIpc) is 2.47. The lowest BCUT2D eigenvalue weighted by Gasteiger charge is -2.44. The Labute approximate surface area is 118 Å². The molecule has 5 heteroatoms. The molecule has 1 aromatic carbocycles. The lowest BCUT2D eigenvalue weighted by Crippen LogP contribution is -2.57. The van der Waals surface area contributed by atoms with Crippen LogP contribution in [0.5, 0.6) is 5.75 Å². The second kappa shape index (κ2) is 5.42. The van der Waals surface area contributed by atoms with Gasteiger partial charge < -0.3 is 20.1 Å². The molecule has 0 atom stereocenters. The van der Waals surface area contributed by atoms with Crippen molar-refractivity contribution >= 4 is 5.91 Å². The monoisotopic (exact) mass is 276 g/mol. The van der Waals surface area contributed by atoms with Crippen LogP contribution in [-0.2, 0) is 16.1 Å². The first kappa shape index (κ1) is 13.4. The van der Waals surface area contributed by atoms with Crippen molar-refractivity contribution in [1.82, 2.24) is 10.2 Å². The topological polar surface area (TPSA) is 61.8 Å². The van der Waals surface area contributed by atoms with Crippen LogP contribution in [0.3, 0.4) is 0 Å². The number of piperidine rings is 1. The number of hydrogen-bond donors (Lipinski definition) is 2. The van der Waals surface area contributed by atoms with Gasteiger partial charge in [-0.25, -0.2) is 0 Å². The fourth-order valence-corrected chi connectivity index (χ4v) is 2.94. The van der Waals surface area contributed by atoms with Crippen molar-refractivity contribution in [1.29, 1.82) is 0 Å². The van der Waals surface area contributed by atoms with Crippen molar-refractivity contribution in [2.75, 3.05) is 26.2 Å². The summed E-state index contributed by atoms with van der Waals surface area (Å²) in [6.07, 6.45) is 1.90. The van der Waals surface area contributed by atoms with Crippen LogP contribution in [0.4, 0.5) is 0 Å². The van der Waals surface area contributed by atoms with Crippen LogP contribution in [0.1, 0.15) is 18.4 Å². The number of carbonyl (C=O) groups excluding carboxylic acids is 1. The number of nitrogens with zero attached hydrogens (tertiary/aromatic N) is 1. The Morgan fingerprint density at radius 2 is 1.95 bits per heavy atom. The molecule has 2 N–H and O–H groups in total. The molecule has 3 rings (SSSR count). The first-order chi connectivity index (χ1) is 9.67. The zero-order valence-electron chi connectivity index (χ0n) is 11.5. The van der Waals surface area contributed by atoms with E-state index in [-0.39, 0.29) is 23.9 Å². The summed E-state index contributed by atoms with van der Waals surface area (Å²) in [7, 11) is 0. The van der Waals surface area contributed by atoms with Crippen LogP contribution in [-0.4, -0.2) is 47.8 Å². The molecule has 2 saturated heterocycles. The Balaban J connectivity index is 1.70. The second-order valence-electron chi connectivity index (χ2n) is 5.64. The Kier molecular flexibility index (Phi) is 3.63. The third-order valence-electron chi connectivity index (χ3n) is 4.16. The maximum Gasteiger partial charge on any atom is 0.248 e. The molecule has 0 aliphatic carbocycles. The maximum atomic E-state index is 12.0. The normalized spacial score (nSPS) is 22.2. The van der Waals surface area contributed by atoms with E-state index in [1.54, 1.807) is 12.1 Å². The quantitative estimate of drug-likeness (QED) is 0.841. The number of amides is 1. The number of aromatic hydroxyl groups is 1. The third-order valence-corrected chi connectivity index (χ3v) is 4.16. The molecule has 2 aliphatic rings. The van der Waals surface area contributed by atoms with E-state index in [2.05, 4.69) is 5.32 Å². The van der Waals surface area contributed by atoms with Crippen molar-refractivity contribution in [2.24, 2.45) is 0 Å². The van der Waals surface area contributed by atoms with Gasteiger partial charge in [-0.2, -0.15) is 0 Å². The molecule has 1 amide bonds. The van der Waals surface area contributed by atoms with Crippen molar-refractivity contribution in [3.63, 3.8) is 0 Å². The third kappa shape index (κ3) is 2.78. The van der Waals surface area contributed by atoms with Crippen LogP contribution in [0.2, 0.25) is 0 Å². The zero-order valence-corrected chi connectivity index (χ0v) is 11.5. The van der Waals surface area contributed by atoms with E-state index >= 15 is 0 Å². The highest BCUT2D eigenvalue weighted by Gasteiger charge is 2.40. The van der Waals surface area contributed by atoms with E-state index in [0.29, 0.717) is 13.1 Å². The molecule has 20 heavy (non-hydrogen) atoms. The van der Waals surface area contributed by atoms with Crippen LogP contribution in [0, 0.1) is 0 Å². The van der Waals surface area contributed by atoms with Crippen molar-refractivity contribution < 1.29 is 14.6 Å². The fraction of sp³-hybridized carbons (Fsp3) is 0.533. The minimum Gasteiger partial charge on any atom is -0.508 e. The van der Waals surface area contributed by atoms with Gasteiger partial charge in [0.15, 0.2) is 0 Å². The number of nitrogens with one attached hydrogen (secondary N) is 1. The average molecular weight is 276 g/mol. The minimum absolute atomic E-state index is 0.0437. The van der Waals surface area contributed by atoms with Crippen LogP contribution in [0.15, 0.2) is 24.3 Å². The molecule has 2 aliphatic heterocycles. The van der Waals surface area contributed by atoms with E-state index in [0.717, 1.165) is 31.5 Å². The molecule has 1 aromatic rings. The number of hydrogen-bond acceptors (Lipinski definition) is 4. The van der Waals surface area contributed by atoms with E-state index in [1.165, 1.54) is 0 Å². The van der Waals surface area contributed by atoms with Gasteiger partial charge in [0, 0.05) is 6.54 Å². The smallest absolute Gasteiger partial charge is 0.248 e. The number of morpholine rings is 1. The summed E-state index contributed by atoms with van der Waals surface area (Å²) in [6, 6.07) is 7.02. The Bertz CT molecular complexity index is 480. The van der Waals surface area contributed by atoms with Gasteiger partial charge in [-0.15, -0.1) is 0 Å². The molecule has 2 heterocycles. The predicted molar refractivity (Wildman–Crippen MR) is 74.3 cm³/mol. The van der Waals surface area contributed by atoms with Gasteiger partial charge in [0.1, 0.15) is 12.4 Å². The molecule has 2 fully saturated rings. The number of phenols is 1. The standard InChI is InChI=1S/C15H20N2O3/c18-13-3-1-12(2-4-13)9-17-11-15(20-10-14(17)19)5-7-16-8-6-15/h1-4,16,18H,5-11H2. The molecule has 0 saturated carbocycles. The second-order valence-corrected chi connectivity index (χ2v) is 5.64. The zero-order chi connectivity index (χ0) is 14.0. The van der Waals surface area contributed by atoms with Crippen LogP contribution in [0.25, 0.3) is 0 Å². The van der Waals surface area contributed by atoms with E-state index in [9.17, 15) is 9.90 Å². The van der Waals surface area contributed by atoms with E-state index < -0.39 is 0 Å². The van der Waals surface area contributed by atoms with Gasteiger partial charge in [-0.05, 0) is 43.6 Å². The molecule has 0 aromatic heterocycles. The van der Waals surface area contributed by atoms with Gasteiger partial charge in [0.05, 0.1) is 12.1 Å². The van der Waals surface area contributed by atoms with Crippen LogP contribution >= 0.6 is 0 Å². The molecular weight excluding hydrogens is 256 g/mol. The molecular formula is C15H20N2O3. The Hall–Kier alpha value is -1.59. The fourth-order valence-electron chi connectivity index (χ4n) is 2.94. The first-order valence-corrected chi connectivity index (χ1v) is 7.07. The van der Waals surface area contributed by atoms with Crippen molar-refractivity contribution in [2.45, 2.75) is 25.0 Å². The molecule has 0 bridgehead atoms. The molecule has 1 spiro atoms. The van der Waals surface area contributed by atoms with Crippen LogP contribution < -0.4 is 5.32 Å². The number of phenolic OH excluding ortho intramolecular Hbond substituents is 1. The summed E-state index contributed by atoms with van der Waals surface area (Å²) >= 11 is 0. The molecule has 0 radical (unpaired) electrons. The SMILES string of the molecule is O=C1COC2(CCNCC2)CN1Cc1ccc(O)cc1. The lowest BCUT2D eigenvalue weighted by molar-refractivity contribution is -0.168. The summed E-state index contributed by atoms with van der Waals surface area (Å²) in [5.74, 6) is 0.291. The van der Waals surface area contributed by atoms with Gasteiger partial charge in [0.2, 0.25) is 5.91 Å². The highest BCUT2D eigenvalue weighted by atomic mass is 16.5. The lowest BCUT2D eigenvalue weighted by atomic mass is 9.90. The van der Waals surface area contributed by atoms with Gasteiger partial charge in [-0.1, -0.05) is 12.1 Å². The van der Waals surface area contributed by atoms with E-state index in [1.807, 2.05) is 17.0 Å². The molecule has 108 valence electrons. The number of ether oxygens (including phenoxy) is 1. The first-order valence-electron chi connectivity index (χ1n) is 7.07. The number of carbonyl (C=O) groups is 1. The predicted octanol–water partition coefficient (Wildman–Crippen LogP) is 0.873. The maximum absolute atomic E-state index is 12.0. The Morgan fingerprint density at radius 1 is 1.25 bits per heavy atom. The Morgan fingerprint density at radius 3 is 2.65 bits per heavy atom. The molecule has 0 unspecified atom stereocenters. The number of rotatable bonds is 2. The minimum atomic E-state index is -0.171. The summed E-state index contributed by atoms with van der Waals surface area (Å²) < 4.78 is 5.83. The summed E-state index contributed by atoms with van der Waals surface area (Å²) in [4.78, 5) is 13.9. The highest BCUT2D eigenvalue weighted by Crippen LogP contribution is 2.28. The number of benzene rings is 1. The van der Waals surface area contributed by atoms with E-state index in [4.69, 9.17) is 4.74 Å². The molecule has 5 nitrogen and oxygen atoms in total. The summed E-state index contributed by atoms with van der Waals surface area (Å²) in [5.41, 5.74) is 0.859. The summed E-state index contributed by atoms with van der Waals surface area (Å²) in [6.45, 7) is 3.31. The van der Waals surface area contributed by atoms with Gasteiger partial charge in [-0.3, -0.25) is 4.79 Å². The van der Waals surface area contributed by atoms with Crippen molar-refractivity contribution in [3.8, 4) is 5.75 Å².